The van der Waals surface area contributed by atoms with Crippen molar-refractivity contribution in [2.24, 2.45) is 0 Å². The molecule has 212 valence electrons. The molecule has 5 aromatic rings. The van der Waals surface area contributed by atoms with Gasteiger partial charge >= 0.3 is 0 Å². The van der Waals surface area contributed by atoms with Crippen LogP contribution in [0.25, 0.3) is 22.9 Å². The maximum atomic E-state index is 12.9. The van der Waals surface area contributed by atoms with E-state index in [0.717, 1.165) is 16.8 Å². The largest absolute Gasteiger partial charge is 0.416 e. The molecule has 0 aliphatic carbocycles. The Morgan fingerprint density at radius 1 is 1.00 bits per heavy atom. The quantitative estimate of drug-likeness (QED) is 0.220. The molecule has 4 heterocycles. The molecule has 1 aliphatic heterocycles. The molecule has 0 unspecified atom stereocenters. The lowest BCUT2D eigenvalue weighted by Gasteiger charge is -2.31. The second-order valence-electron chi connectivity index (χ2n) is 10.4. The Hall–Kier alpha value is -5.16. The number of amides is 1. The van der Waals surface area contributed by atoms with E-state index in [1.165, 1.54) is 0 Å². The molecule has 0 saturated carbocycles. The van der Waals surface area contributed by atoms with Gasteiger partial charge in [-0.05, 0) is 62.2 Å². The van der Waals surface area contributed by atoms with Crippen molar-refractivity contribution in [3.05, 3.63) is 95.9 Å². The number of anilines is 3. The van der Waals surface area contributed by atoms with Gasteiger partial charge in [-0.2, -0.15) is 4.98 Å². The normalized spacial score (nSPS) is 14.5. The van der Waals surface area contributed by atoms with E-state index in [-0.39, 0.29) is 18.4 Å². The smallest absolute Gasteiger partial charge is 0.254 e. The van der Waals surface area contributed by atoms with E-state index in [0.29, 0.717) is 40.9 Å². The molecule has 1 atom stereocenters. The molecule has 1 amide bonds. The van der Waals surface area contributed by atoms with Gasteiger partial charge in [-0.15, -0.1) is 10.2 Å². The first-order valence-corrected chi connectivity index (χ1v) is 13.7. The van der Waals surface area contributed by atoms with Crippen LogP contribution in [0.3, 0.4) is 0 Å². The number of hydrogen-bond acceptors (Lipinski definition) is 10. The van der Waals surface area contributed by atoms with Gasteiger partial charge < -0.3 is 25.1 Å². The number of nitrogens with one attached hydrogen (secondary N) is 2. The van der Waals surface area contributed by atoms with E-state index >= 15 is 0 Å². The molecule has 0 bridgehead atoms. The van der Waals surface area contributed by atoms with Crippen molar-refractivity contribution in [3.63, 3.8) is 0 Å². The van der Waals surface area contributed by atoms with Crippen molar-refractivity contribution in [3.8, 4) is 22.9 Å². The number of hydrogen-bond donors (Lipinski definition) is 3. The lowest BCUT2D eigenvalue weighted by molar-refractivity contribution is 0.0635. The minimum Gasteiger partial charge on any atom is -0.416 e. The summed E-state index contributed by atoms with van der Waals surface area (Å²) in [5.74, 6) is 1.25. The van der Waals surface area contributed by atoms with E-state index in [2.05, 4.69) is 30.8 Å². The number of benzene rings is 2. The number of aromatic nitrogens is 5. The zero-order valence-corrected chi connectivity index (χ0v) is 23.4. The lowest BCUT2D eigenvalue weighted by Crippen LogP contribution is -2.38. The summed E-state index contributed by atoms with van der Waals surface area (Å²) in [6, 6.07) is 18.4. The van der Waals surface area contributed by atoms with Gasteiger partial charge in [0.25, 0.3) is 11.8 Å². The van der Waals surface area contributed by atoms with Crippen LogP contribution in [0.2, 0.25) is 0 Å². The minimum atomic E-state index is -0.458. The summed E-state index contributed by atoms with van der Waals surface area (Å²) < 4.78 is 5.98. The molecule has 0 radical (unpaired) electrons. The van der Waals surface area contributed by atoms with Crippen LogP contribution < -0.4 is 10.6 Å². The predicted octanol–water partition coefficient (Wildman–Crippen LogP) is 5.19. The number of aliphatic hydroxyl groups is 1. The van der Waals surface area contributed by atoms with E-state index in [4.69, 9.17) is 9.40 Å². The second kappa shape index (κ2) is 11.0. The Labute approximate surface area is 242 Å². The average Bonchev–Trinajstić information content (AvgIpc) is 3.57. The Morgan fingerprint density at radius 3 is 2.55 bits per heavy atom. The molecule has 0 fully saturated rings. The zero-order valence-electron chi connectivity index (χ0n) is 23.4. The van der Waals surface area contributed by atoms with Gasteiger partial charge in [-0.1, -0.05) is 30.3 Å². The Balaban J connectivity index is 1.36. The maximum Gasteiger partial charge on any atom is 0.254 e. The SMILES string of the molecule is CCN1C(=O)c2ccc(Nc3ncc(-c4nnc(-c5cccnc5)o4)c(N[C@H](CO)c4ccccc4)n3)cc2C1(C)C. The molecule has 2 aromatic carbocycles. The summed E-state index contributed by atoms with van der Waals surface area (Å²) in [5, 5.41) is 25.3. The summed E-state index contributed by atoms with van der Waals surface area (Å²) >= 11 is 0. The number of rotatable bonds is 9. The fourth-order valence-electron chi connectivity index (χ4n) is 5.26. The minimum absolute atomic E-state index is 0.0253. The molecule has 3 N–H and O–H groups in total. The highest BCUT2D eigenvalue weighted by Gasteiger charge is 2.42. The van der Waals surface area contributed by atoms with E-state index in [1.807, 2.05) is 80.3 Å². The molecule has 3 aromatic heterocycles. The first kappa shape index (κ1) is 27.0. The fraction of sp³-hybridized carbons (Fsp3) is 0.226. The third kappa shape index (κ3) is 4.94. The zero-order chi connectivity index (χ0) is 29.3. The van der Waals surface area contributed by atoms with Crippen LogP contribution in [0.1, 0.15) is 48.3 Å². The lowest BCUT2D eigenvalue weighted by atomic mass is 9.93. The van der Waals surface area contributed by atoms with Gasteiger partial charge in [0.2, 0.25) is 11.8 Å². The molecule has 6 rings (SSSR count). The summed E-state index contributed by atoms with van der Waals surface area (Å²) in [4.78, 5) is 28.2. The molecule has 11 heteroatoms. The van der Waals surface area contributed by atoms with Crippen LogP contribution in [0.5, 0.6) is 0 Å². The third-order valence-corrected chi connectivity index (χ3v) is 7.45. The number of aliphatic hydroxyl groups excluding tert-OH is 1. The first-order chi connectivity index (χ1) is 20.4. The van der Waals surface area contributed by atoms with Crippen LogP contribution in [-0.2, 0) is 5.54 Å². The van der Waals surface area contributed by atoms with Crippen molar-refractivity contribution in [2.75, 3.05) is 23.8 Å². The van der Waals surface area contributed by atoms with Gasteiger partial charge in [0.05, 0.1) is 29.3 Å². The van der Waals surface area contributed by atoms with Crippen LogP contribution in [-0.4, -0.2) is 54.2 Å². The summed E-state index contributed by atoms with van der Waals surface area (Å²) in [5.41, 5.74) is 3.97. The predicted molar refractivity (Wildman–Crippen MR) is 158 cm³/mol. The van der Waals surface area contributed by atoms with E-state index in [9.17, 15) is 9.90 Å². The number of pyridine rings is 1. The van der Waals surface area contributed by atoms with Gasteiger partial charge in [0.15, 0.2) is 0 Å². The summed E-state index contributed by atoms with van der Waals surface area (Å²) in [6.45, 7) is 6.50. The molecule has 0 saturated heterocycles. The van der Waals surface area contributed by atoms with Crippen molar-refractivity contribution in [2.45, 2.75) is 32.4 Å². The van der Waals surface area contributed by atoms with Crippen LogP contribution in [0.4, 0.5) is 17.5 Å². The molecule has 0 spiro atoms. The second-order valence-corrected chi connectivity index (χ2v) is 10.4. The molecule has 1 aliphatic rings. The topological polar surface area (TPSA) is 142 Å². The highest BCUT2D eigenvalue weighted by molar-refractivity contribution is 6.00. The highest BCUT2D eigenvalue weighted by Crippen LogP contribution is 2.40. The Kier molecular flexibility index (Phi) is 7.09. The molecular formula is C31H30N8O3. The van der Waals surface area contributed by atoms with Gasteiger partial charge in [-0.3, -0.25) is 9.78 Å². The van der Waals surface area contributed by atoms with Gasteiger partial charge in [-0.25, -0.2) is 4.98 Å². The Bertz CT molecular complexity index is 1720. The monoisotopic (exact) mass is 562 g/mol. The van der Waals surface area contributed by atoms with Crippen LogP contribution in [0, 0.1) is 0 Å². The standard InChI is InChI=1S/C31H30N8O3/c1-4-39-29(41)22-13-12-21(15-24(22)31(39,2)3)34-30-33-17-23(28-38-37-27(42-28)20-11-8-14-32-16-20)26(36-30)35-25(18-40)19-9-6-5-7-10-19/h5-17,25,40H,4,18H2,1-3H3,(H2,33,34,35,36)/t25-/m1/s1. The van der Waals surface area contributed by atoms with E-state index in [1.54, 1.807) is 24.7 Å². The molecule has 11 nitrogen and oxygen atoms in total. The van der Waals surface area contributed by atoms with Gasteiger partial charge in [0.1, 0.15) is 5.82 Å². The third-order valence-electron chi connectivity index (χ3n) is 7.45. The van der Waals surface area contributed by atoms with Crippen molar-refractivity contribution >= 4 is 23.4 Å². The first-order valence-electron chi connectivity index (χ1n) is 13.7. The Morgan fingerprint density at radius 2 is 1.81 bits per heavy atom. The number of carbonyl (C=O) groups excluding carboxylic acids is 1. The number of carbonyl (C=O) groups is 1. The van der Waals surface area contributed by atoms with Crippen LogP contribution >= 0.6 is 0 Å². The van der Waals surface area contributed by atoms with Crippen LogP contribution in [0.15, 0.2) is 83.7 Å². The average molecular weight is 563 g/mol. The van der Waals surface area contributed by atoms with Crippen molar-refractivity contribution in [1.82, 2.24) is 30.0 Å². The van der Waals surface area contributed by atoms with Gasteiger partial charge in [0, 0.05) is 36.4 Å². The number of nitrogens with zero attached hydrogens (tertiary/aromatic N) is 6. The maximum absolute atomic E-state index is 12.9. The summed E-state index contributed by atoms with van der Waals surface area (Å²) in [7, 11) is 0. The number of fused-ring (bicyclic) bond motifs is 1. The summed E-state index contributed by atoms with van der Waals surface area (Å²) in [6.07, 6.45) is 4.90. The highest BCUT2D eigenvalue weighted by atomic mass is 16.4. The van der Waals surface area contributed by atoms with Crippen molar-refractivity contribution < 1.29 is 14.3 Å². The van der Waals surface area contributed by atoms with Crippen molar-refractivity contribution in [1.29, 1.82) is 0 Å². The fourth-order valence-corrected chi connectivity index (χ4v) is 5.26. The molecule has 42 heavy (non-hydrogen) atoms. The van der Waals surface area contributed by atoms with E-state index < -0.39 is 11.6 Å². The molecular weight excluding hydrogens is 532 g/mol.